The van der Waals surface area contributed by atoms with Crippen molar-refractivity contribution in [2.45, 2.75) is 235 Å². The summed E-state index contributed by atoms with van der Waals surface area (Å²) < 4.78 is 86.6. The maximum absolute atomic E-state index is 11.6. The summed E-state index contributed by atoms with van der Waals surface area (Å²) in [6.45, 7) is -4.64. The van der Waals surface area contributed by atoms with Gasteiger partial charge in [-0.1, -0.05) is 13.3 Å². The standard InChI is InChI=1S/C46H78O35/c1-2-3-4-67-11-18-39-25(59)32(66)46(74-18)80-38-17(10-52)72-44(30(64)23(38)57)78-36-15(8-50)70-42(28(62)21(36)55)76-34-13(6-48)68-40(26(60)19(34)53)75-33-12(5-47)69-41(27(61)20(33)54)77-35-14(7-49)71-43(29(63)22(35)56)79-37-16(9-51)73-45(81-39)31(65)24(37)58/h12-66H,2-11H2,1H3/t12-,13-,14-,15-,16-,17-,18+,19-,20-,21-,22-,23-,24-,25-,26-,27-,28-,29-,30-,31-,32-,33-,34-,35-,36-,37-,38-,39-,40-,41-,42-,43-,44-,45-,46-/m1/s1. The third kappa shape index (κ3) is 13.5. The van der Waals surface area contributed by atoms with Gasteiger partial charge >= 0.3 is 0 Å². The van der Waals surface area contributed by atoms with E-state index in [0.717, 1.165) is 0 Å². The topological polar surface area (TPSA) is 543 Å². The number of ether oxygens (including phenoxy) is 15. The minimum atomic E-state index is -2.20. The van der Waals surface area contributed by atoms with Crippen LogP contribution in [0.4, 0.5) is 0 Å². The van der Waals surface area contributed by atoms with Gasteiger partial charge in [-0.25, -0.2) is 0 Å². The molecule has 35 nitrogen and oxygen atoms in total. The first-order valence-electron chi connectivity index (χ1n) is 26.6. The van der Waals surface area contributed by atoms with Crippen LogP contribution in [-0.4, -0.2) is 370 Å². The quantitative estimate of drug-likeness (QED) is 0.0854. The van der Waals surface area contributed by atoms with Crippen molar-refractivity contribution in [2.75, 3.05) is 52.9 Å². The number of hydrogen-bond acceptors (Lipinski definition) is 35. The van der Waals surface area contributed by atoms with Gasteiger partial charge in [0.05, 0.1) is 46.2 Å². The zero-order chi connectivity index (χ0) is 58.9. The molecule has 21 fully saturated rings. The highest BCUT2D eigenvalue weighted by atomic mass is 16.8. The maximum atomic E-state index is 11.6. The van der Waals surface area contributed by atoms with Gasteiger partial charge in [-0.15, -0.1) is 0 Å². The normalized spacial score (nSPS) is 53.2. The Labute approximate surface area is 460 Å². The van der Waals surface area contributed by atoms with Crippen LogP contribution in [0.1, 0.15) is 19.8 Å². The van der Waals surface area contributed by atoms with Gasteiger partial charge < -0.3 is 173 Å². The molecule has 21 rings (SSSR count). The van der Waals surface area contributed by atoms with Gasteiger partial charge in [-0.2, -0.15) is 0 Å². The summed E-state index contributed by atoms with van der Waals surface area (Å²) in [6, 6.07) is 0. The Morgan fingerprint density at radius 2 is 0.420 bits per heavy atom. The number of rotatable bonds is 11. The summed E-state index contributed by atoms with van der Waals surface area (Å²) >= 11 is 0. The minimum Gasteiger partial charge on any atom is -0.394 e. The summed E-state index contributed by atoms with van der Waals surface area (Å²) in [5.41, 5.74) is 0. The first-order valence-corrected chi connectivity index (χ1v) is 26.6. The van der Waals surface area contributed by atoms with Gasteiger partial charge in [0.2, 0.25) is 0 Å². The van der Waals surface area contributed by atoms with Crippen LogP contribution in [0.5, 0.6) is 0 Å². The Hall–Kier alpha value is -1.40. The Bertz CT molecular complexity index is 1890. The lowest BCUT2D eigenvalue weighted by Gasteiger charge is -2.50. The second kappa shape index (κ2) is 28.6. The van der Waals surface area contributed by atoms with E-state index in [1.54, 1.807) is 0 Å². The van der Waals surface area contributed by atoms with Crippen molar-refractivity contribution in [3.05, 3.63) is 0 Å². The van der Waals surface area contributed by atoms with E-state index in [2.05, 4.69) is 0 Å². The van der Waals surface area contributed by atoms with Crippen molar-refractivity contribution < 1.29 is 173 Å². The third-order valence-corrected chi connectivity index (χ3v) is 15.5. The van der Waals surface area contributed by atoms with Gasteiger partial charge in [-0.05, 0) is 6.42 Å². The van der Waals surface area contributed by atoms with E-state index in [1.165, 1.54) is 0 Å². The number of aliphatic hydroxyl groups is 20. The predicted molar refractivity (Wildman–Crippen MR) is 247 cm³/mol. The van der Waals surface area contributed by atoms with E-state index in [0.29, 0.717) is 12.8 Å². The molecule has 0 aromatic heterocycles. The van der Waals surface area contributed by atoms with Crippen LogP contribution < -0.4 is 0 Å². The molecule has 0 amide bonds. The van der Waals surface area contributed by atoms with E-state index in [1.807, 2.05) is 6.92 Å². The van der Waals surface area contributed by atoms with Gasteiger partial charge in [0.15, 0.2) is 44.0 Å². The number of hydrogen-bond donors (Lipinski definition) is 20. The highest BCUT2D eigenvalue weighted by Gasteiger charge is 2.59. The maximum Gasteiger partial charge on any atom is 0.187 e. The lowest BCUT2D eigenvalue weighted by atomic mass is 9.95. The Kier molecular flexibility index (Phi) is 23.2. The van der Waals surface area contributed by atoms with Crippen LogP contribution in [0.25, 0.3) is 0 Å². The van der Waals surface area contributed by atoms with Gasteiger partial charge in [0.25, 0.3) is 0 Å². The molecule has 0 radical (unpaired) electrons. The van der Waals surface area contributed by atoms with E-state index >= 15 is 0 Å². The lowest BCUT2D eigenvalue weighted by Crippen LogP contribution is -2.68. The fourth-order valence-electron chi connectivity index (χ4n) is 10.8. The first-order chi connectivity index (χ1) is 38.7. The SMILES string of the molecule is CCCCOC[C@@H]1O[C@@H]2O[C@H]3[C@H](O)[C@@H](O)[C@@H](O[C@H]4[C@H](O)[C@@H](O)[C@@H](O[C@H]5[C@H](O)[C@@H](O)[C@@H](O[C@H]6[C@H](O)[C@@H](O)[C@@H](O[C@H]7[C@H](O)[C@@H](O)[C@@H](O[C@H]8[C@H](O)[C@@H](O)[C@@H](O[C@H]1[C@H](O)[C@H]2O)O[C@@H]8CO)O[C@@H]7CO)O[C@@H]6CO)O[C@@H]5CO)O[C@@H]4CO)O[C@@H]3CO. The molecule has 35 heteroatoms. The van der Waals surface area contributed by atoms with E-state index < -0.39 is 261 Å². The van der Waals surface area contributed by atoms with Crippen molar-refractivity contribution in [3.63, 3.8) is 0 Å². The highest BCUT2D eigenvalue weighted by Crippen LogP contribution is 2.39. The van der Waals surface area contributed by atoms with Crippen LogP contribution in [0.15, 0.2) is 0 Å². The molecule has 14 bridgehead atoms. The molecule has 0 spiro atoms. The Balaban J connectivity index is 1.09. The largest absolute Gasteiger partial charge is 0.394 e. The van der Waals surface area contributed by atoms with E-state index in [9.17, 15) is 102 Å². The molecule has 0 saturated carbocycles. The molecule has 0 unspecified atom stereocenters. The molecule has 35 atom stereocenters. The van der Waals surface area contributed by atoms with Gasteiger partial charge in [0.1, 0.15) is 171 Å². The second-order valence-electron chi connectivity index (χ2n) is 20.9. The zero-order valence-corrected chi connectivity index (χ0v) is 43.3. The summed E-state index contributed by atoms with van der Waals surface area (Å²) in [5.74, 6) is 0. The summed E-state index contributed by atoms with van der Waals surface area (Å²) in [4.78, 5) is 0. The highest BCUT2D eigenvalue weighted by molar-refractivity contribution is 5.02. The smallest absolute Gasteiger partial charge is 0.187 e. The molecule has 0 aliphatic carbocycles. The van der Waals surface area contributed by atoms with Crippen LogP contribution in [-0.2, 0) is 71.1 Å². The molecule has 472 valence electrons. The summed E-state index contributed by atoms with van der Waals surface area (Å²) in [7, 11) is 0. The summed E-state index contributed by atoms with van der Waals surface area (Å²) in [5, 5.41) is 222. The molecule has 21 aliphatic rings. The predicted octanol–water partition coefficient (Wildman–Crippen LogP) is -13.4. The fraction of sp³-hybridized carbons (Fsp3) is 1.00. The van der Waals surface area contributed by atoms with Crippen molar-refractivity contribution in [1.82, 2.24) is 0 Å². The molecule has 21 saturated heterocycles. The van der Waals surface area contributed by atoms with Gasteiger partial charge in [0, 0.05) is 6.61 Å². The van der Waals surface area contributed by atoms with Crippen molar-refractivity contribution in [3.8, 4) is 0 Å². The molecule has 0 aromatic carbocycles. The average molecular weight is 1190 g/mol. The molecule has 81 heavy (non-hydrogen) atoms. The van der Waals surface area contributed by atoms with E-state index in [-0.39, 0.29) is 6.61 Å². The van der Waals surface area contributed by atoms with Crippen LogP contribution in [0.3, 0.4) is 0 Å². The molecule has 21 heterocycles. The Morgan fingerprint density at radius 1 is 0.247 bits per heavy atom. The first kappa shape index (κ1) is 65.6. The van der Waals surface area contributed by atoms with Crippen molar-refractivity contribution in [2.24, 2.45) is 0 Å². The van der Waals surface area contributed by atoms with Crippen molar-refractivity contribution >= 4 is 0 Å². The molecular weight excluding hydrogens is 1110 g/mol. The molecule has 20 N–H and O–H groups in total. The molecule has 0 aromatic rings. The van der Waals surface area contributed by atoms with Crippen LogP contribution >= 0.6 is 0 Å². The number of unbranched alkanes of at least 4 members (excludes halogenated alkanes) is 1. The Morgan fingerprint density at radius 3 is 0.593 bits per heavy atom. The van der Waals surface area contributed by atoms with Gasteiger partial charge in [-0.3, -0.25) is 0 Å². The average Bonchev–Trinajstić information content (AvgIpc) is 3.47. The van der Waals surface area contributed by atoms with Crippen LogP contribution in [0.2, 0.25) is 0 Å². The van der Waals surface area contributed by atoms with Crippen molar-refractivity contribution in [1.29, 1.82) is 0 Å². The monoisotopic (exact) mass is 1190 g/mol. The van der Waals surface area contributed by atoms with Crippen LogP contribution in [0, 0.1) is 0 Å². The summed E-state index contributed by atoms with van der Waals surface area (Å²) in [6.07, 6.45) is -68.0. The third-order valence-electron chi connectivity index (χ3n) is 15.5. The molecular formula is C46H78O35. The lowest BCUT2D eigenvalue weighted by molar-refractivity contribution is -0.397. The molecule has 21 aliphatic heterocycles. The number of aliphatic hydroxyl groups excluding tert-OH is 20. The van der Waals surface area contributed by atoms with E-state index in [4.69, 9.17) is 71.1 Å². The fourth-order valence-corrected chi connectivity index (χ4v) is 10.8. The zero-order valence-electron chi connectivity index (χ0n) is 43.3. The second-order valence-corrected chi connectivity index (χ2v) is 20.9. The minimum absolute atomic E-state index is 0.124.